The average Bonchev–Trinajstić information content (AvgIpc) is 2.95. The van der Waals surface area contributed by atoms with Crippen LogP contribution < -0.4 is 16.8 Å². The van der Waals surface area contributed by atoms with Crippen LogP contribution in [0.1, 0.15) is 46.5 Å². The van der Waals surface area contributed by atoms with Gasteiger partial charge in [0.1, 0.15) is 11.4 Å². The molecule has 2 rings (SSSR count). The second-order valence-corrected chi connectivity index (χ2v) is 8.37. The van der Waals surface area contributed by atoms with E-state index in [0.717, 1.165) is 11.5 Å². The smallest absolute Gasteiger partial charge is 0.270 e. The van der Waals surface area contributed by atoms with Gasteiger partial charge >= 0.3 is 0 Å². The van der Waals surface area contributed by atoms with Gasteiger partial charge in [0.2, 0.25) is 5.91 Å². The van der Waals surface area contributed by atoms with Gasteiger partial charge in [0.15, 0.2) is 5.69 Å². The normalized spacial score (nSPS) is 11.1. The number of amides is 3. The van der Waals surface area contributed by atoms with E-state index < -0.39 is 17.4 Å². The summed E-state index contributed by atoms with van der Waals surface area (Å²) >= 11 is 6.97. The van der Waals surface area contributed by atoms with Crippen molar-refractivity contribution in [1.82, 2.24) is 14.6 Å². The SMILES string of the molecule is CC(C)(C)NC(=O)CN(Cc1ccccc1Cl)C(=O)c1snc(C(N)=O)c1N. The molecule has 150 valence electrons. The first-order valence-corrected chi connectivity index (χ1v) is 9.53. The van der Waals surface area contributed by atoms with Crippen molar-refractivity contribution in [1.29, 1.82) is 0 Å². The first-order valence-electron chi connectivity index (χ1n) is 8.38. The van der Waals surface area contributed by atoms with E-state index >= 15 is 0 Å². The molecule has 1 heterocycles. The minimum atomic E-state index is -0.823. The van der Waals surface area contributed by atoms with Gasteiger partial charge in [-0.05, 0) is 43.9 Å². The lowest BCUT2D eigenvalue weighted by Gasteiger charge is -2.26. The van der Waals surface area contributed by atoms with Crippen LogP contribution in [-0.2, 0) is 11.3 Å². The van der Waals surface area contributed by atoms with Crippen LogP contribution in [0.5, 0.6) is 0 Å². The van der Waals surface area contributed by atoms with Crippen molar-refractivity contribution >= 4 is 46.5 Å². The van der Waals surface area contributed by atoms with Gasteiger partial charge in [-0.3, -0.25) is 14.4 Å². The van der Waals surface area contributed by atoms with Crippen LogP contribution >= 0.6 is 23.1 Å². The third-order valence-corrected chi connectivity index (χ3v) is 4.83. The third-order valence-electron chi connectivity index (χ3n) is 3.61. The van der Waals surface area contributed by atoms with Gasteiger partial charge in [0.25, 0.3) is 11.8 Å². The Balaban J connectivity index is 2.34. The topological polar surface area (TPSA) is 131 Å². The number of hydrogen-bond donors (Lipinski definition) is 3. The van der Waals surface area contributed by atoms with E-state index in [1.807, 2.05) is 20.8 Å². The highest BCUT2D eigenvalue weighted by atomic mass is 35.5. The van der Waals surface area contributed by atoms with Gasteiger partial charge in [0.05, 0.1) is 5.69 Å². The van der Waals surface area contributed by atoms with Crippen LogP contribution in [0.2, 0.25) is 5.02 Å². The van der Waals surface area contributed by atoms with Gasteiger partial charge < -0.3 is 21.7 Å². The Hall–Kier alpha value is -2.65. The third kappa shape index (κ3) is 5.43. The fraction of sp³-hybridized carbons (Fsp3) is 0.333. The summed E-state index contributed by atoms with van der Waals surface area (Å²) in [5.41, 5.74) is 11.0. The molecule has 10 heteroatoms. The van der Waals surface area contributed by atoms with E-state index in [4.69, 9.17) is 23.1 Å². The lowest BCUT2D eigenvalue weighted by Crippen LogP contribution is -2.47. The Labute approximate surface area is 172 Å². The van der Waals surface area contributed by atoms with Crippen molar-refractivity contribution in [3.05, 3.63) is 45.4 Å². The monoisotopic (exact) mass is 423 g/mol. The van der Waals surface area contributed by atoms with Gasteiger partial charge in [-0.15, -0.1) is 0 Å². The average molecular weight is 424 g/mol. The Bertz CT molecular complexity index is 907. The molecule has 0 saturated heterocycles. The van der Waals surface area contributed by atoms with Gasteiger partial charge in [-0.2, -0.15) is 4.37 Å². The number of benzene rings is 1. The van der Waals surface area contributed by atoms with Crippen molar-refractivity contribution < 1.29 is 14.4 Å². The van der Waals surface area contributed by atoms with Crippen LogP contribution in [0.25, 0.3) is 0 Å². The number of nitrogens with two attached hydrogens (primary N) is 2. The molecular weight excluding hydrogens is 402 g/mol. The molecule has 5 N–H and O–H groups in total. The lowest BCUT2D eigenvalue weighted by atomic mass is 10.1. The van der Waals surface area contributed by atoms with Crippen LogP contribution in [0.3, 0.4) is 0 Å². The highest BCUT2D eigenvalue weighted by Crippen LogP contribution is 2.25. The molecule has 0 saturated carbocycles. The second kappa shape index (κ2) is 8.57. The fourth-order valence-corrected chi connectivity index (χ4v) is 3.40. The summed E-state index contributed by atoms with van der Waals surface area (Å²) in [6.45, 7) is 5.38. The summed E-state index contributed by atoms with van der Waals surface area (Å²) in [7, 11) is 0. The molecule has 0 atom stereocenters. The summed E-state index contributed by atoms with van der Waals surface area (Å²) in [6, 6.07) is 7.01. The number of carbonyl (C=O) groups is 3. The number of nitrogen functional groups attached to an aromatic ring is 1. The molecule has 1 aromatic carbocycles. The number of carbonyl (C=O) groups excluding carboxylic acids is 3. The molecule has 3 amide bonds. The molecule has 0 spiro atoms. The predicted octanol–water partition coefficient (Wildman–Crippen LogP) is 2.03. The fourth-order valence-electron chi connectivity index (χ4n) is 2.44. The zero-order chi connectivity index (χ0) is 21.1. The molecule has 2 aromatic rings. The first-order chi connectivity index (χ1) is 13.0. The number of aromatic nitrogens is 1. The van der Waals surface area contributed by atoms with Gasteiger partial charge in [-0.1, -0.05) is 29.8 Å². The van der Waals surface area contributed by atoms with Crippen molar-refractivity contribution in [2.45, 2.75) is 32.9 Å². The number of nitrogens with zero attached hydrogens (tertiary/aromatic N) is 2. The highest BCUT2D eigenvalue weighted by molar-refractivity contribution is 7.09. The maximum Gasteiger partial charge on any atom is 0.270 e. The minimum Gasteiger partial charge on any atom is -0.395 e. The molecule has 0 radical (unpaired) electrons. The van der Waals surface area contributed by atoms with Crippen molar-refractivity contribution in [3.8, 4) is 0 Å². The number of nitrogens with one attached hydrogen (secondary N) is 1. The molecule has 0 aliphatic heterocycles. The van der Waals surface area contributed by atoms with Crippen molar-refractivity contribution in [2.75, 3.05) is 12.3 Å². The minimum absolute atomic E-state index is 0.0458. The number of halogens is 1. The van der Waals surface area contributed by atoms with Crippen LogP contribution in [-0.4, -0.2) is 39.1 Å². The van der Waals surface area contributed by atoms with Crippen molar-refractivity contribution in [3.63, 3.8) is 0 Å². The molecule has 0 unspecified atom stereocenters. The lowest BCUT2D eigenvalue weighted by molar-refractivity contribution is -0.123. The standard InChI is InChI=1S/C18H22ClN5O3S/c1-18(2,3)22-12(25)9-24(8-10-6-4-5-7-11(10)19)17(27)15-13(20)14(16(21)26)23-28-15/h4-7H,8-9,20H2,1-3H3,(H2,21,26)(H,22,25). The number of hydrogen-bond acceptors (Lipinski definition) is 6. The molecule has 0 bridgehead atoms. The van der Waals surface area contributed by atoms with E-state index in [-0.39, 0.29) is 35.3 Å². The maximum atomic E-state index is 13.1. The molecule has 0 fully saturated rings. The molecule has 1 aromatic heterocycles. The summed E-state index contributed by atoms with van der Waals surface area (Å²) in [6.07, 6.45) is 0. The number of primary amides is 1. The molecule has 28 heavy (non-hydrogen) atoms. The van der Waals surface area contributed by atoms with Gasteiger partial charge in [-0.25, -0.2) is 0 Å². The zero-order valence-electron chi connectivity index (χ0n) is 15.8. The van der Waals surface area contributed by atoms with E-state index in [0.29, 0.717) is 10.6 Å². The van der Waals surface area contributed by atoms with E-state index in [1.165, 1.54) is 4.90 Å². The second-order valence-electron chi connectivity index (χ2n) is 7.19. The van der Waals surface area contributed by atoms with Crippen LogP contribution in [0.4, 0.5) is 5.69 Å². The summed E-state index contributed by atoms with van der Waals surface area (Å²) < 4.78 is 3.85. The summed E-state index contributed by atoms with van der Waals surface area (Å²) in [5.74, 6) is -1.70. The zero-order valence-corrected chi connectivity index (χ0v) is 17.4. The summed E-state index contributed by atoms with van der Waals surface area (Å²) in [5, 5.41) is 3.28. The van der Waals surface area contributed by atoms with E-state index in [1.54, 1.807) is 24.3 Å². The molecule has 8 nitrogen and oxygen atoms in total. The Kier molecular flexibility index (Phi) is 6.63. The maximum absolute atomic E-state index is 13.1. The van der Waals surface area contributed by atoms with Crippen LogP contribution in [0, 0.1) is 0 Å². The van der Waals surface area contributed by atoms with E-state index in [9.17, 15) is 14.4 Å². The highest BCUT2D eigenvalue weighted by Gasteiger charge is 2.27. The Morgan fingerprint density at radius 2 is 1.89 bits per heavy atom. The Morgan fingerprint density at radius 1 is 1.25 bits per heavy atom. The number of anilines is 1. The predicted molar refractivity (Wildman–Crippen MR) is 109 cm³/mol. The number of rotatable bonds is 6. The first kappa shape index (κ1) is 21.6. The quantitative estimate of drug-likeness (QED) is 0.654. The summed E-state index contributed by atoms with van der Waals surface area (Å²) in [4.78, 5) is 38.2. The van der Waals surface area contributed by atoms with Gasteiger partial charge in [0, 0.05) is 17.1 Å². The molecular formula is C18H22ClN5O3S. The largest absolute Gasteiger partial charge is 0.395 e. The molecule has 0 aliphatic carbocycles. The van der Waals surface area contributed by atoms with Crippen molar-refractivity contribution in [2.24, 2.45) is 5.73 Å². The van der Waals surface area contributed by atoms with Crippen LogP contribution in [0.15, 0.2) is 24.3 Å². The Morgan fingerprint density at radius 3 is 2.43 bits per heavy atom. The molecule has 0 aliphatic rings. The van der Waals surface area contributed by atoms with E-state index in [2.05, 4.69) is 9.69 Å².